The number of ether oxygens (including phenoxy) is 1. The molecule has 0 unspecified atom stereocenters. The van der Waals surface area contributed by atoms with Crippen LogP contribution in [0.1, 0.15) is 92.7 Å². The van der Waals surface area contributed by atoms with Crippen molar-refractivity contribution >= 4 is 47.3 Å². The molecule has 9 atom stereocenters. The second kappa shape index (κ2) is 24.7. The lowest BCUT2D eigenvalue weighted by molar-refractivity contribution is -0.167. The molecule has 3 rings (SSSR count). The lowest BCUT2D eigenvalue weighted by atomic mass is 9.96. The average Bonchev–Trinajstić information content (AvgIpc) is 3.25. The molecule has 1 fully saturated rings. The number of cyclic esters (lactones) is 1. The fraction of sp³-hybridized carbons (Fsp3) is 0.574. The van der Waals surface area contributed by atoms with E-state index in [1.54, 1.807) is 82.3 Å². The lowest BCUT2D eigenvalue weighted by Crippen LogP contribution is -2.60. The van der Waals surface area contributed by atoms with E-state index < -0.39 is 114 Å². The van der Waals surface area contributed by atoms with Gasteiger partial charge >= 0.3 is 5.97 Å². The molecule has 63 heavy (non-hydrogen) atoms. The summed E-state index contributed by atoms with van der Waals surface area (Å²) in [5.74, 6) is -7.15. The molecule has 0 aliphatic carbocycles. The molecular formula is C47H69N7O9. The summed E-state index contributed by atoms with van der Waals surface area (Å²) in [5, 5.41) is 16.2. The molecule has 0 radical (unpaired) electrons. The Balaban J connectivity index is 2.13. The predicted molar refractivity (Wildman–Crippen MR) is 238 cm³/mol. The zero-order valence-electron chi connectivity index (χ0n) is 38.5. The van der Waals surface area contributed by atoms with E-state index in [-0.39, 0.29) is 25.2 Å². The monoisotopic (exact) mass is 876 g/mol. The number of carbonyl (C=O) groups excluding carboxylic acids is 8. The van der Waals surface area contributed by atoms with Crippen LogP contribution in [0, 0.1) is 23.7 Å². The topological polar surface area (TPSA) is 221 Å². The molecule has 2 aromatic carbocycles. The Bertz CT molecular complexity index is 1880. The molecule has 6 N–H and O–H groups in total. The third kappa shape index (κ3) is 15.5. The molecule has 346 valence electrons. The summed E-state index contributed by atoms with van der Waals surface area (Å²) >= 11 is 0. The smallest absolute Gasteiger partial charge is 0.329 e. The van der Waals surface area contributed by atoms with Crippen LogP contribution in [0.2, 0.25) is 0 Å². The number of likely N-dealkylation sites (N-methyl/N-ethyl adjacent to an activating group) is 1. The summed E-state index contributed by atoms with van der Waals surface area (Å²) in [6, 6.07) is 10.9. The Morgan fingerprint density at radius 2 is 1.10 bits per heavy atom. The van der Waals surface area contributed by atoms with Gasteiger partial charge in [0.15, 0.2) is 6.10 Å². The maximum absolute atomic E-state index is 14.4. The van der Waals surface area contributed by atoms with Crippen molar-refractivity contribution in [3.8, 4) is 0 Å². The number of amides is 7. The molecule has 2 aromatic rings. The van der Waals surface area contributed by atoms with Crippen LogP contribution in [-0.2, 0) is 55.9 Å². The SMILES string of the molecule is CC[C@H](C)[C@@H]1NC(=O)[C@H](Cc2ccccc2)NC(=O)[C@H](CC(C)C)N(C)C(=O)[C@H](C(C)C)OC(=O)[C@H]([C@@H](C)CC)NC(=O)[C@H](Cc2ccccc2)NC(=O)[C@@H](C)NC(=O)CNC1=O. The fourth-order valence-electron chi connectivity index (χ4n) is 7.11. The second-order valence-electron chi connectivity index (χ2n) is 17.4. The van der Waals surface area contributed by atoms with Crippen molar-refractivity contribution in [2.24, 2.45) is 23.7 Å². The fourth-order valence-corrected chi connectivity index (χ4v) is 7.11. The van der Waals surface area contributed by atoms with E-state index in [0.29, 0.717) is 18.4 Å². The van der Waals surface area contributed by atoms with E-state index in [9.17, 15) is 38.4 Å². The van der Waals surface area contributed by atoms with Crippen LogP contribution in [0.5, 0.6) is 0 Å². The Kier molecular flexibility index (Phi) is 20.2. The summed E-state index contributed by atoms with van der Waals surface area (Å²) in [6.07, 6.45) is -0.209. The van der Waals surface area contributed by atoms with E-state index in [0.717, 1.165) is 5.56 Å². The molecular weight excluding hydrogens is 807 g/mol. The van der Waals surface area contributed by atoms with Crippen molar-refractivity contribution < 1.29 is 43.1 Å². The van der Waals surface area contributed by atoms with Gasteiger partial charge in [-0.1, -0.05) is 129 Å². The van der Waals surface area contributed by atoms with Crippen LogP contribution in [0.3, 0.4) is 0 Å². The minimum atomic E-state index is -1.37. The quantitative estimate of drug-likeness (QED) is 0.183. The average molecular weight is 876 g/mol. The van der Waals surface area contributed by atoms with Gasteiger partial charge in [-0.15, -0.1) is 0 Å². The van der Waals surface area contributed by atoms with Crippen LogP contribution in [0.4, 0.5) is 0 Å². The van der Waals surface area contributed by atoms with Gasteiger partial charge in [-0.05, 0) is 48.1 Å². The maximum Gasteiger partial charge on any atom is 0.329 e. The van der Waals surface area contributed by atoms with E-state index in [1.165, 1.54) is 18.9 Å². The first-order valence-corrected chi connectivity index (χ1v) is 22.1. The van der Waals surface area contributed by atoms with Crippen molar-refractivity contribution in [1.29, 1.82) is 0 Å². The molecule has 0 spiro atoms. The van der Waals surface area contributed by atoms with Crippen LogP contribution in [-0.4, -0.2) is 108 Å². The zero-order valence-corrected chi connectivity index (χ0v) is 38.5. The molecule has 0 aromatic heterocycles. The Hall–Kier alpha value is -5.80. The van der Waals surface area contributed by atoms with Gasteiger partial charge < -0.3 is 41.5 Å². The number of nitrogens with one attached hydrogen (secondary N) is 6. The minimum Gasteiger partial charge on any atom is -0.450 e. The van der Waals surface area contributed by atoms with Gasteiger partial charge in [0.2, 0.25) is 35.4 Å². The standard InChI is InChI=1S/C47H69N7O9/c1-11-29(7)38-45(60)48-26-37(55)49-31(9)41(56)50-34(24-32-19-15-13-16-20-32)43(58)53-39(30(8)12-2)47(62)63-40(28(5)6)46(61)54(10)36(23-27(3)4)44(59)51-35(42(57)52-38)25-33-21-17-14-18-22-33/h13-22,27-31,34-36,38-40H,11-12,23-26H2,1-10H3,(H,48,60)(H,49,55)(H,50,56)(H,51,59)(H,52,57)(H,53,58)/t29-,30-,31+,34-,35-,36-,38-,39-,40-/m0/s1. The van der Waals surface area contributed by atoms with E-state index >= 15 is 0 Å². The largest absolute Gasteiger partial charge is 0.450 e. The molecule has 0 bridgehead atoms. The molecule has 1 aliphatic heterocycles. The van der Waals surface area contributed by atoms with E-state index in [2.05, 4.69) is 31.9 Å². The van der Waals surface area contributed by atoms with Crippen LogP contribution < -0.4 is 31.9 Å². The second-order valence-corrected chi connectivity index (χ2v) is 17.4. The third-order valence-electron chi connectivity index (χ3n) is 11.5. The first-order chi connectivity index (χ1) is 29.8. The highest BCUT2D eigenvalue weighted by molar-refractivity contribution is 5.97. The highest BCUT2D eigenvalue weighted by Crippen LogP contribution is 2.20. The molecule has 16 nitrogen and oxygen atoms in total. The van der Waals surface area contributed by atoms with Gasteiger partial charge in [0.25, 0.3) is 5.91 Å². The Morgan fingerprint density at radius 3 is 1.57 bits per heavy atom. The molecule has 16 heteroatoms. The summed E-state index contributed by atoms with van der Waals surface area (Å²) in [5.41, 5.74) is 1.42. The van der Waals surface area contributed by atoms with Gasteiger partial charge in [0, 0.05) is 19.9 Å². The van der Waals surface area contributed by atoms with Crippen LogP contribution >= 0.6 is 0 Å². The number of carbonyl (C=O) groups is 8. The number of esters is 1. The van der Waals surface area contributed by atoms with Gasteiger partial charge in [-0.25, -0.2) is 4.79 Å². The predicted octanol–water partition coefficient (Wildman–Crippen LogP) is 2.58. The number of hydrogen-bond donors (Lipinski definition) is 6. The molecule has 1 aliphatic rings. The normalized spacial score (nSPS) is 25.4. The Labute approximate surface area is 372 Å². The van der Waals surface area contributed by atoms with E-state index in [1.807, 2.05) is 33.8 Å². The third-order valence-corrected chi connectivity index (χ3v) is 11.5. The summed E-state index contributed by atoms with van der Waals surface area (Å²) < 4.78 is 5.97. The molecule has 1 saturated heterocycles. The van der Waals surface area contributed by atoms with Crippen LogP contribution in [0.15, 0.2) is 60.7 Å². The van der Waals surface area contributed by atoms with Gasteiger partial charge in [0.1, 0.15) is 36.3 Å². The van der Waals surface area contributed by atoms with Crippen molar-refractivity contribution in [3.05, 3.63) is 71.8 Å². The highest BCUT2D eigenvalue weighted by atomic mass is 16.6. The number of benzene rings is 2. The number of hydrogen-bond acceptors (Lipinski definition) is 9. The number of rotatable bonds is 11. The Morgan fingerprint density at radius 1 is 0.619 bits per heavy atom. The summed E-state index contributed by atoms with van der Waals surface area (Å²) in [7, 11) is 1.44. The van der Waals surface area contributed by atoms with Gasteiger partial charge in [-0.3, -0.25) is 33.6 Å². The minimum absolute atomic E-state index is 0.0313. The molecule has 7 amide bonds. The van der Waals surface area contributed by atoms with Crippen molar-refractivity contribution in [2.45, 2.75) is 137 Å². The highest BCUT2D eigenvalue weighted by Gasteiger charge is 2.40. The molecule has 1 heterocycles. The molecule has 0 saturated carbocycles. The lowest BCUT2D eigenvalue weighted by Gasteiger charge is -2.34. The summed E-state index contributed by atoms with van der Waals surface area (Å²) in [4.78, 5) is 113. The van der Waals surface area contributed by atoms with Gasteiger partial charge in [-0.2, -0.15) is 0 Å². The first kappa shape index (κ1) is 51.5. The van der Waals surface area contributed by atoms with Crippen molar-refractivity contribution in [2.75, 3.05) is 13.6 Å². The first-order valence-electron chi connectivity index (χ1n) is 22.1. The van der Waals surface area contributed by atoms with Crippen LogP contribution in [0.25, 0.3) is 0 Å². The van der Waals surface area contributed by atoms with Crippen molar-refractivity contribution in [3.63, 3.8) is 0 Å². The van der Waals surface area contributed by atoms with E-state index in [4.69, 9.17) is 4.74 Å². The van der Waals surface area contributed by atoms with Gasteiger partial charge in [0.05, 0.1) is 6.54 Å². The maximum atomic E-state index is 14.4. The number of nitrogens with zero attached hydrogens (tertiary/aromatic N) is 1. The summed E-state index contributed by atoms with van der Waals surface area (Å²) in [6.45, 7) is 15.2. The zero-order chi connectivity index (χ0) is 47.0. The van der Waals surface area contributed by atoms with Crippen molar-refractivity contribution in [1.82, 2.24) is 36.8 Å².